The fourth-order valence-electron chi connectivity index (χ4n) is 1.45. The van der Waals surface area contributed by atoms with Gasteiger partial charge >= 0.3 is 0 Å². The smallest absolute Gasteiger partial charge is 0.239 e. The van der Waals surface area contributed by atoms with E-state index in [1.54, 1.807) is 6.20 Å². The number of hydrogen-bond donors (Lipinski definition) is 4. The lowest BCUT2D eigenvalue weighted by Crippen LogP contribution is -2.39. The van der Waals surface area contributed by atoms with E-state index in [0.29, 0.717) is 6.54 Å². The van der Waals surface area contributed by atoms with Crippen LogP contribution in [-0.4, -0.2) is 41.6 Å². The first-order valence-electron chi connectivity index (χ1n) is 5.85. The molecule has 0 aliphatic carbocycles. The number of H-pyrrole nitrogens is 1. The minimum atomic E-state index is -0.334. The molecule has 1 heterocycles. The van der Waals surface area contributed by atoms with E-state index >= 15 is 0 Å². The van der Waals surface area contributed by atoms with E-state index in [0.717, 1.165) is 24.1 Å². The van der Waals surface area contributed by atoms with Gasteiger partial charge in [-0.05, 0) is 25.3 Å². The first kappa shape index (κ1) is 14.2. The molecular weight excluding hydrogens is 234 g/mol. The highest BCUT2D eigenvalue weighted by Gasteiger charge is 2.04. The van der Waals surface area contributed by atoms with Crippen molar-refractivity contribution in [1.29, 1.82) is 0 Å². The van der Waals surface area contributed by atoms with Crippen molar-refractivity contribution >= 4 is 11.8 Å². The van der Waals surface area contributed by atoms with Crippen molar-refractivity contribution in [2.45, 2.75) is 19.8 Å². The Morgan fingerprint density at radius 3 is 2.78 bits per heavy atom. The van der Waals surface area contributed by atoms with Crippen LogP contribution in [-0.2, 0) is 16.0 Å². The molecule has 0 radical (unpaired) electrons. The summed E-state index contributed by atoms with van der Waals surface area (Å²) in [4.78, 5) is 22.1. The maximum absolute atomic E-state index is 11.3. The minimum absolute atomic E-state index is 0.0270. The summed E-state index contributed by atoms with van der Waals surface area (Å²) >= 11 is 0. The summed E-state index contributed by atoms with van der Waals surface area (Å²) < 4.78 is 0. The highest BCUT2D eigenvalue weighted by molar-refractivity contribution is 5.85. The van der Waals surface area contributed by atoms with Crippen LogP contribution in [0.4, 0.5) is 0 Å². The lowest BCUT2D eigenvalue weighted by atomic mass is 10.1. The zero-order valence-corrected chi connectivity index (χ0v) is 10.5. The second-order valence-electron chi connectivity index (χ2n) is 3.95. The van der Waals surface area contributed by atoms with Gasteiger partial charge < -0.3 is 16.4 Å². The maximum Gasteiger partial charge on any atom is 0.239 e. The second-order valence-corrected chi connectivity index (χ2v) is 3.95. The van der Waals surface area contributed by atoms with Crippen LogP contribution in [0.3, 0.4) is 0 Å². The SMILES string of the molecule is Cc1[nH]ncc1CCCNC(=O)CNC(=O)CN. The van der Waals surface area contributed by atoms with E-state index < -0.39 is 0 Å². The van der Waals surface area contributed by atoms with Crippen molar-refractivity contribution in [3.05, 3.63) is 17.5 Å². The van der Waals surface area contributed by atoms with Crippen molar-refractivity contribution in [1.82, 2.24) is 20.8 Å². The van der Waals surface area contributed by atoms with Crippen LogP contribution < -0.4 is 16.4 Å². The first-order valence-corrected chi connectivity index (χ1v) is 5.85. The van der Waals surface area contributed by atoms with Crippen LogP contribution >= 0.6 is 0 Å². The van der Waals surface area contributed by atoms with Gasteiger partial charge in [-0.25, -0.2) is 0 Å². The average molecular weight is 253 g/mol. The normalized spacial score (nSPS) is 10.1. The molecule has 0 aliphatic rings. The molecule has 1 rings (SSSR count). The van der Waals surface area contributed by atoms with Crippen molar-refractivity contribution in [2.24, 2.45) is 5.73 Å². The molecule has 0 fully saturated rings. The van der Waals surface area contributed by atoms with Gasteiger partial charge in [0.1, 0.15) is 0 Å². The van der Waals surface area contributed by atoms with Crippen LogP contribution in [0.25, 0.3) is 0 Å². The molecule has 7 nitrogen and oxygen atoms in total. The Kier molecular flexibility index (Phi) is 5.86. The third-order valence-corrected chi connectivity index (χ3v) is 2.51. The molecule has 2 amide bonds. The third kappa shape index (κ3) is 4.96. The average Bonchev–Trinajstić information content (AvgIpc) is 2.77. The number of aromatic nitrogens is 2. The molecule has 0 atom stereocenters. The van der Waals surface area contributed by atoms with Crippen molar-refractivity contribution < 1.29 is 9.59 Å². The van der Waals surface area contributed by atoms with Gasteiger partial charge in [-0.2, -0.15) is 5.10 Å². The van der Waals surface area contributed by atoms with Gasteiger partial charge in [0, 0.05) is 12.2 Å². The summed E-state index contributed by atoms with van der Waals surface area (Å²) in [5.74, 6) is -0.542. The van der Waals surface area contributed by atoms with Gasteiger partial charge in [-0.15, -0.1) is 0 Å². The molecule has 7 heteroatoms. The number of nitrogens with two attached hydrogens (primary N) is 1. The molecule has 0 saturated carbocycles. The molecule has 1 aromatic rings. The van der Waals surface area contributed by atoms with Crippen molar-refractivity contribution in [3.63, 3.8) is 0 Å². The number of nitrogens with one attached hydrogen (secondary N) is 3. The molecule has 0 aromatic carbocycles. The van der Waals surface area contributed by atoms with Crippen molar-refractivity contribution in [2.75, 3.05) is 19.6 Å². The number of carbonyl (C=O) groups excluding carboxylic acids is 2. The Morgan fingerprint density at radius 1 is 1.39 bits per heavy atom. The Bertz CT molecular complexity index is 402. The minimum Gasteiger partial charge on any atom is -0.355 e. The van der Waals surface area contributed by atoms with Gasteiger partial charge in [-0.3, -0.25) is 14.7 Å². The van der Waals surface area contributed by atoms with Crippen LogP contribution in [0.5, 0.6) is 0 Å². The van der Waals surface area contributed by atoms with Crippen LogP contribution in [0.2, 0.25) is 0 Å². The molecule has 5 N–H and O–H groups in total. The van der Waals surface area contributed by atoms with Crippen LogP contribution in [0, 0.1) is 6.92 Å². The zero-order chi connectivity index (χ0) is 13.4. The van der Waals surface area contributed by atoms with Gasteiger partial charge in [0.05, 0.1) is 19.3 Å². The summed E-state index contributed by atoms with van der Waals surface area (Å²) in [7, 11) is 0. The molecule has 0 unspecified atom stereocenters. The van der Waals surface area contributed by atoms with Gasteiger partial charge in [-0.1, -0.05) is 0 Å². The molecule has 18 heavy (non-hydrogen) atoms. The van der Waals surface area contributed by atoms with Gasteiger partial charge in [0.2, 0.25) is 11.8 Å². The number of carbonyl (C=O) groups is 2. The van der Waals surface area contributed by atoms with E-state index in [1.165, 1.54) is 0 Å². The second kappa shape index (κ2) is 7.44. The summed E-state index contributed by atoms with van der Waals surface area (Å²) in [6.45, 7) is 2.40. The zero-order valence-electron chi connectivity index (χ0n) is 10.5. The van der Waals surface area contributed by atoms with Gasteiger partial charge in [0.25, 0.3) is 0 Å². The van der Waals surface area contributed by atoms with Gasteiger partial charge in [0.15, 0.2) is 0 Å². The predicted octanol–water partition coefficient (Wildman–Crippen LogP) is -1.16. The number of rotatable bonds is 7. The number of aromatic amines is 1. The maximum atomic E-state index is 11.3. The molecule has 0 bridgehead atoms. The Hall–Kier alpha value is -1.89. The van der Waals surface area contributed by atoms with E-state index in [1.807, 2.05) is 6.92 Å². The first-order chi connectivity index (χ1) is 8.63. The Morgan fingerprint density at radius 2 is 2.17 bits per heavy atom. The fraction of sp³-hybridized carbons (Fsp3) is 0.545. The van der Waals surface area contributed by atoms with E-state index in [-0.39, 0.29) is 24.9 Å². The largest absolute Gasteiger partial charge is 0.355 e. The Labute approximate surface area is 106 Å². The quantitative estimate of drug-likeness (QED) is 0.459. The third-order valence-electron chi connectivity index (χ3n) is 2.51. The topological polar surface area (TPSA) is 113 Å². The molecule has 100 valence electrons. The van der Waals surface area contributed by atoms with E-state index in [9.17, 15) is 9.59 Å². The number of nitrogens with zero attached hydrogens (tertiary/aromatic N) is 1. The molecule has 0 spiro atoms. The monoisotopic (exact) mass is 253 g/mol. The number of aryl methyl sites for hydroxylation is 2. The number of hydrogen-bond acceptors (Lipinski definition) is 4. The summed E-state index contributed by atoms with van der Waals surface area (Å²) in [5, 5.41) is 11.9. The summed E-state index contributed by atoms with van der Waals surface area (Å²) in [5.41, 5.74) is 7.30. The van der Waals surface area contributed by atoms with E-state index in [2.05, 4.69) is 20.8 Å². The molecular formula is C11H19N5O2. The summed E-state index contributed by atoms with van der Waals surface area (Å²) in [6, 6.07) is 0. The van der Waals surface area contributed by atoms with E-state index in [4.69, 9.17) is 5.73 Å². The van der Waals surface area contributed by atoms with Crippen LogP contribution in [0.1, 0.15) is 17.7 Å². The lowest BCUT2D eigenvalue weighted by molar-refractivity contribution is -0.125. The predicted molar refractivity (Wildman–Crippen MR) is 66.7 cm³/mol. The highest BCUT2D eigenvalue weighted by Crippen LogP contribution is 2.04. The lowest BCUT2D eigenvalue weighted by Gasteiger charge is -2.05. The fourth-order valence-corrected chi connectivity index (χ4v) is 1.45. The standard InChI is InChI=1S/C11H19N5O2/c1-8-9(6-15-16-8)3-2-4-13-11(18)7-14-10(17)5-12/h6H,2-5,7,12H2,1H3,(H,13,18)(H,14,17)(H,15,16). The number of amides is 2. The Balaban J connectivity index is 2.09. The molecule has 1 aromatic heterocycles. The molecule has 0 saturated heterocycles. The highest BCUT2D eigenvalue weighted by atomic mass is 16.2. The summed E-state index contributed by atoms with van der Waals surface area (Å²) in [6.07, 6.45) is 3.48. The van der Waals surface area contributed by atoms with Crippen molar-refractivity contribution in [3.8, 4) is 0 Å². The molecule has 0 aliphatic heterocycles. The van der Waals surface area contributed by atoms with Crippen LogP contribution in [0.15, 0.2) is 6.20 Å².